The van der Waals surface area contributed by atoms with Crippen LogP contribution in [0.3, 0.4) is 0 Å². The number of thioether (sulfide) groups is 1. The van der Waals surface area contributed by atoms with E-state index in [4.69, 9.17) is 14.2 Å². The Morgan fingerprint density at radius 1 is 1.40 bits per heavy atom. The minimum atomic E-state index is -0.653. The first-order valence-electron chi connectivity index (χ1n) is 7.07. The van der Waals surface area contributed by atoms with Crippen molar-refractivity contribution in [2.75, 3.05) is 6.61 Å². The Kier molecular flexibility index (Phi) is 7.29. The van der Waals surface area contributed by atoms with Crippen LogP contribution in [-0.4, -0.2) is 52.8 Å². The van der Waals surface area contributed by atoms with Gasteiger partial charge in [-0.15, -0.1) is 0 Å². The highest BCUT2D eigenvalue weighted by molar-refractivity contribution is 8.00. The van der Waals surface area contributed by atoms with E-state index in [1.54, 1.807) is 11.8 Å². The summed E-state index contributed by atoms with van der Waals surface area (Å²) in [4.78, 5) is 11.0. The molecule has 1 fully saturated rings. The Hall–Kier alpha value is -0.300. The number of hydrogen-bond donors (Lipinski definition) is 1. The van der Waals surface area contributed by atoms with Gasteiger partial charge in [-0.3, -0.25) is 4.79 Å². The van der Waals surface area contributed by atoms with Crippen molar-refractivity contribution in [1.29, 1.82) is 0 Å². The van der Waals surface area contributed by atoms with Crippen molar-refractivity contribution >= 4 is 17.7 Å². The van der Waals surface area contributed by atoms with E-state index in [0.717, 1.165) is 0 Å². The lowest BCUT2D eigenvalue weighted by molar-refractivity contribution is -0.255. The van der Waals surface area contributed by atoms with Crippen LogP contribution >= 0.6 is 11.8 Å². The molecule has 0 spiro atoms. The minimum absolute atomic E-state index is 0.0293. The minimum Gasteiger partial charge on any atom is -0.463 e. The zero-order chi connectivity index (χ0) is 15.3. The first-order chi connectivity index (χ1) is 9.29. The molecule has 0 amide bonds. The number of carbonyl (C=O) groups is 1. The monoisotopic (exact) mass is 306 g/mol. The van der Waals surface area contributed by atoms with Gasteiger partial charge in [0.1, 0.15) is 18.8 Å². The van der Waals surface area contributed by atoms with Gasteiger partial charge in [0.25, 0.3) is 0 Å². The molecule has 0 aromatic rings. The maximum absolute atomic E-state index is 11.0. The number of hydrogen-bond acceptors (Lipinski definition) is 6. The number of rotatable bonds is 6. The van der Waals surface area contributed by atoms with Gasteiger partial charge < -0.3 is 19.3 Å². The molecular weight excluding hydrogens is 280 g/mol. The Bertz CT molecular complexity index is 308. The molecule has 0 saturated carbocycles. The quantitative estimate of drug-likeness (QED) is 0.757. The van der Waals surface area contributed by atoms with Crippen LogP contribution in [-0.2, 0) is 19.0 Å². The third-order valence-electron chi connectivity index (χ3n) is 2.82. The van der Waals surface area contributed by atoms with E-state index in [1.807, 2.05) is 13.8 Å². The molecule has 0 radical (unpaired) electrons. The molecule has 1 aliphatic rings. The molecule has 0 aliphatic carbocycles. The van der Waals surface area contributed by atoms with E-state index in [-0.39, 0.29) is 30.0 Å². The number of esters is 1. The van der Waals surface area contributed by atoms with Crippen LogP contribution in [0, 0.1) is 0 Å². The van der Waals surface area contributed by atoms with E-state index in [0.29, 0.717) is 11.7 Å². The average Bonchev–Trinajstić information content (AvgIpc) is 2.29. The smallest absolute Gasteiger partial charge is 0.302 e. The van der Waals surface area contributed by atoms with Gasteiger partial charge in [0, 0.05) is 12.2 Å². The molecule has 5 nitrogen and oxygen atoms in total. The average molecular weight is 306 g/mol. The third-order valence-corrected chi connectivity index (χ3v) is 4.21. The van der Waals surface area contributed by atoms with Gasteiger partial charge in [0.15, 0.2) is 6.29 Å². The summed E-state index contributed by atoms with van der Waals surface area (Å²) in [7, 11) is 0. The SMILES string of the molecule is CC(=O)OC[C@H]1O[C@H](OC(C)C)[C@H](O)C[C@H]1SC(C)C. The fourth-order valence-corrected chi connectivity index (χ4v) is 3.41. The molecule has 20 heavy (non-hydrogen) atoms. The first-order valence-corrected chi connectivity index (χ1v) is 8.01. The van der Waals surface area contributed by atoms with E-state index in [1.165, 1.54) is 6.92 Å². The van der Waals surface area contributed by atoms with E-state index >= 15 is 0 Å². The highest BCUT2D eigenvalue weighted by Gasteiger charge is 2.39. The highest BCUT2D eigenvalue weighted by atomic mass is 32.2. The summed E-state index contributed by atoms with van der Waals surface area (Å²) in [6.45, 7) is 9.56. The van der Waals surface area contributed by atoms with Gasteiger partial charge >= 0.3 is 5.97 Å². The number of aliphatic hydroxyl groups excluding tert-OH is 1. The van der Waals surface area contributed by atoms with Crippen LogP contribution in [0.4, 0.5) is 0 Å². The molecule has 4 atom stereocenters. The Morgan fingerprint density at radius 2 is 2.05 bits per heavy atom. The number of ether oxygens (including phenoxy) is 3. The lowest BCUT2D eigenvalue weighted by Crippen LogP contribution is -2.50. The first kappa shape index (κ1) is 17.8. The zero-order valence-corrected chi connectivity index (χ0v) is 13.7. The molecule has 118 valence electrons. The summed E-state index contributed by atoms with van der Waals surface area (Å²) in [6.07, 6.45) is -1.01. The largest absolute Gasteiger partial charge is 0.463 e. The predicted molar refractivity (Wildman–Crippen MR) is 78.7 cm³/mol. The Balaban J connectivity index is 2.67. The topological polar surface area (TPSA) is 65.0 Å². The number of carbonyl (C=O) groups excluding carboxylic acids is 1. The molecule has 6 heteroatoms. The van der Waals surface area contributed by atoms with Crippen molar-refractivity contribution in [3.8, 4) is 0 Å². The van der Waals surface area contributed by atoms with Gasteiger partial charge in [-0.25, -0.2) is 0 Å². The summed E-state index contributed by atoms with van der Waals surface area (Å²) in [5.74, 6) is -0.325. The molecular formula is C14H26O5S. The summed E-state index contributed by atoms with van der Waals surface area (Å²) in [5, 5.41) is 10.6. The molecule has 1 aliphatic heterocycles. The second-order valence-electron chi connectivity index (χ2n) is 5.56. The molecule has 0 unspecified atom stereocenters. The van der Waals surface area contributed by atoms with Crippen molar-refractivity contribution in [3.05, 3.63) is 0 Å². The maximum atomic E-state index is 11.0. The van der Waals surface area contributed by atoms with Crippen molar-refractivity contribution < 1.29 is 24.1 Å². The molecule has 0 aromatic heterocycles. The molecule has 1 rings (SSSR count). The number of aliphatic hydroxyl groups is 1. The Labute approximate surface area is 125 Å². The molecule has 1 saturated heterocycles. The van der Waals surface area contributed by atoms with E-state index < -0.39 is 12.4 Å². The molecule has 0 bridgehead atoms. The normalized spacial score (nSPS) is 30.8. The third kappa shape index (κ3) is 5.99. The summed E-state index contributed by atoms with van der Waals surface area (Å²) in [6, 6.07) is 0. The van der Waals surface area contributed by atoms with Crippen LogP contribution in [0.15, 0.2) is 0 Å². The predicted octanol–water partition coefficient (Wildman–Crippen LogP) is 1.96. The zero-order valence-electron chi connectivity index (χ0n) is 12.9. The lowest BCUT2D eigenvalue weighted by atomic mass is 10.1. The maximum Gasteiger partial charge on any atom is 0.302 e. The molecule has 0 aromatic carbocycles. The summed E-state index contributed by atoms with van der Waals surface area (Å²) >= 11 is 1.73. The van der Waals surface area contributed by atoms with Gasteiger partial charge in [0.05, 0.1) is 6.10 Å². The lowest BCUT2D eigenvalue weighted by Gasteiger charge is -2.39. The molecule has 1 heterocycles. The van der Waals surface area contributed by atoms with Crippen LogP contribution < -0.4 is 0 Å². The van der Waals surface area contributed by atoms with Crippen LogP contribution in [0.1, 0.15) is 41.0 Å². The summed E-state index contributed by atoms with van der Waals surface area (Å²) in [5.41, 5.74) is 0. The van der Waals surface area contributed by atoms with Crippen molar-refractivity contribution in [3.63, 3.8) is 0 Å². The standard InChI is InChI=1S/C14H26O5S/c1-8(2)18-14-11(16)6-13(20-9(3)4)12(19-14)7-17-10(5)15/h8-9,11-14,16H,6-7H2,1-5H3/t11-,12-,13-,14+/m1/s1. The second-order valence-corrected chi connectivity index (χ2v) is 7.38. The van der Waals surface area contributed by atoms with Gasteiger partial charge in [-0.1, -0.05) is 13.8 Å². The van der Waals surface area contributed by atoms with Crippen LogP contribution in [0.2, 0.25) is 0 Å². The van der Waals surface area contributed by atoms with E-state index in [2.05, 4.69) is 13.8 Å². The van der Waals surface area contributed by atoms with Crippen LogP contribution in [0.5, 0.6) is 0 Å². The van der Waals surface area contributed by atoms with Crippen LogP contribution in [0.25, 0.3) is 0 Å². The van der Waals surface area contributed by atoms with Gasteiger partial charge in [-0.05, 0) is 25.5 Å². The summed E-state index contributed by atoms with van der Waals surface area (Å²) < 4.78 is 16.4. The fourth-order valence-electron chi connectivity index (χ4n) is 2.08. The Morgan fingerprint density at radius 3 is 2.55 bits per heavy atom. The van der Waals surface area contributed by atoms with Crippen molar-refractivity contribution in [2.24, 2.45) is 0 Å². The second kappa shape index (κ2) is 8.22. The van der Waals surface area contributed by atoms with E-state index in [9.17, 15) is 9.90 Å². The molecule has 1 N–H and O–H groups in total. The van der Waals surface area contributed by atoms with Gasteiger partial charge in [-0.2, -0.15) is 11.8 Å². The van der Waals surface area contributed by atoms with Crippen molar-refractivity contribution in [1.82, 2.24) is 0 Å². The van der Waals surface area contributed by atoms with Crippen molar-refractivity contribution in [2.45, 2.75) is 76.1 Å². The fraction of sp³-hybridized carbons (Fsp3) is 0.929. The van der Waals surface area contributed by atoms with Gasteiger partial charge in [0.2, 0.25) is 0 Å². The highest BCUT2D eigenvalue weighted by Crippen LogP contribution is 2.33.